The van der Waals surface area contributed by atoms with Crippen LogP contribution in [-0.4, -0.2) is 28.8 Å². The molecule has 0 rings (SSSR count). The molecule has 0 bridgehead atoms. The second kappa shape index (κ2) is 11.3. The van der Waals surface area contributed by atoms with Gasteiger partial charge in [0.1, 0.15) is 0 Å². The molecule has 3 nitrogen and oxygen atoms in total. The van der Waals surface area contributed by atoms with Crippen molar-refractivity contribution >= 4 is 9.53 Å². The van der Waals surface area contributed by atoms with Gasteiger partial charge in [0.2, 0.25) is 0 Å². The van der Waals surface area contributed by atoms with Crippen molar-refractivity contribution in [3.63, 3.8) is 0 Å². The smallest absolute Gasteiger partial charge is 0.376 e. The molecule has 0 aliphatic carbocycles. The highest BCUT2D eigenvalue weighted by Crippen LogP contribution is 2.02. The van der Waals surface area contributed by atoms with E-state index in [4.69, 9.17) is 13.3 Å². The van der Waals surface area contributed by atoms with E-state index in [-0.39, 0.29) is 6.10 Å². The highest BCUT2D eigenvalue weighted by Gasteiger charge is 2.15. The average Bonchev–Trinajstić information content (AvgIpc) is 2.25. The SMILES string of the molecule is CCCCC=CC(C)O[SiH](OCC)OCC. The summed E-state index contributed by atoms with van der Waals surface area (Å²) >= 11 is 0. The van der Waals surface area contributed by atoms with Crippen molar-refractivity contribution in [2.45, 2.75) is 53.1 Å². The molecular formula is C12H26O3Si. The maximum absolute atomic E-state index is 5.72. The third kappa shape index (κ3) is 9.09. The van der Waals surface area contributed by atoms with Gasteiger partial charge in [-0.2, -0.15) is 0 Å². The zero-order valence-electron chi connectivity index (χ0n) is 11.1. The molecule has 0 fully saturated rings. The van der Waals surface area contributed by atoms with Crippen LogP contribution in [0.4, 0.5) is 0 Å². The third-order valence-electron chi connectivity index (χ3n) is 2.06. The summed E-state index contributed by atoms with van der Waals surface area (Å²) in [5.41, 5.74) is 0. The number of rotatable bonds is 10. The van der Waals surface area contributed by atoms with Crippen molar-refractivity contribution in [1.29, 1.82) is 0 Å². The molecule has 0 heterocycles. The first-order chi connectivity index (χ1) is 7.74. The standard InChI is InChI=1S/C12H26O3Si/c1-5-8-9-10-11-12(4)15-16(13-6-2)14-7-3/h10-12,16H,5-9H2,1-4H3. The quantitative estimate of drug-likeness (QED) is 0.337. The van der Waals surface area contributed by atoms with Crippen LogP contribution >= 0.6 is 0 Å². The summed E-state index contributed by atoms with van der Waals surface area (Å²) in [4.78, 5) is 0. The molecular weight excluding hydrogens is 220 g/mol. The van der Waals surface area contributed by atoms with Crippen LogP contribution in [0.1, 0.15) is 47.0 Å². The minimum absolute atomic E-state index is 0.0895. The van der Waals surface area contributed by atoms with Crippen LogP contribution < -0.4 is 0 Å². The first-order valence-electron chi connectivity index (χ1n) is 6.29. The second-order valence-corrected chi connectivity index (χ2v) is 5.13. The highest BCUT2D eigenvalue weighted by molar-refractivity contribution is 6.36. The van der Waals surface area contributed by atoms with Gasteiger partial charge in [-0.3, -0.25) is 0 Å². The number of unbranched alkanes of at least 4 members (excludes halogenated alkanes) is 2. The van der Waals surface area contributed by atoms with Crippen molar-refractivity contribution in [3.8, 4) is 0 Å². The summed E-state index contributed by atoms with van der Waals surface area (Å²) in [6.45, 7) is 9.46. The minimum Gasteiger partial charge on any atom is -0.376 e. The molecule has 0 aromatic carbocycles. The van der Waals surface area contributed by atoms with Gasteiger partial charge in [-0.15, -0.1) is 0 Å². The van der Waals surface area contributed by atoms with E-state index in [9.17, 15) is 0 Å². The first-order valence-corrected chi connectivity index (χ1v) is 7.71. The van der Waals surface area contributed by atoms with Gasteiger partial charge in [0.25, 0.3) is 0 Å². The topological polar surface area (TPSA) is 27.7 Å². The van der Waals surface area contributed by atoms with E-state index in [1.165, 1.54) is 12.8 Å². The summed E-state index contributed by atoms with van der Waals surface area (Å²) in [6.07, 6.45) is 7.95. The van der Waals surface area contributed by atoms with E-state index < -0.39 is 9.53 Å². The highest BCUT2D eigenvalue weighted by atomic mass is 28.3. The predicted octanol–water partition coefficient (Wildman–Crippen LogP) is 2.93. The molecule has 1 unspecified atom stereocenters. The molecule has 16 heavy (non-hydrogen) atoms. The Morgan fingerprint density at radius 2 is 1.75 bits per heavy atom. The van der Waals surface area contributed by atoms with Gasteiger partial charge in [0, 0.05) is 13.2 Å². The van der Waals surface area contributed by atoms with Crippen LogP contribution in [0.2, 0.25) is 0 Å². The van der Waals surface area contributed by atoms with E-state index in [0.29, 0.717) is 13.2 Å². The lowest BCUT2D eigenvalue weighted by Crippen LogP contribution is -2.30. The number of allylic oxidation sites excluding steroid dienone is 1. The Balaban J connectivity index is 3.79. The molecule has 0 spiro atoms. The lowest BCUT2D eigenvalue weighted by atomic mass is 10.2. The maximum Gasteiger partial charge on any atom is 0.484 e. The lowest BCUT2D eigenvalue weighted by Gasteiger charge is -2.17. The van der Waals surface area contributed by atoms with E-state index in [1.54, 1.807) is 0 Å². The monoisotopic (exact) mass is 246 g/mol. The summed E-state index contributed by atoms with van der Waals surface area (Å²) < 4.78 is 16.6. The molecule has 1 atom stereocenters. The predicted molar refractivity (Wildman–Crippen MR) is 69.6 cm³/mol. The van der Waals surface area contributed by atoms with Gasteiger partial charge in [-0.05, 0) is 27.2 Å². The minimum atomic E-state index is -1.90. The normalized spacial score (nSPS) is 13.8. The Kier molecular flexibility index (Phi) is 11.2. The van der Waals surface area contributed by atoms with Crippen LogP contribution in [0, 0.1) is 0 Å². The van der Waals surface area contributed by atoms with Crippen molar-refractivity contribution in [3.05, 3.63) is 12.2 Å². The first kappa shape index (κ1) is 15.8. The third-order valence-corrected chi connectivity index (χ3v) is 3.93. The fourth-order valence-corrected chi connectivity index (χ4v) is 2.47. The Morgan fingerprint density at radius 1 is 1.12 bits per heavy atom. The summed E-state index contributed by atoms with van der Waals surface area (Å²) in [6, 6.07) is 0. The van der Waals surface area contributed by atoms with Gasteiger partial charge in [0.05, 0.1) is 6.10 Å². The zero-order valence-corrected chi connectivity index (χ0v) is 12.2. The Labute approximate surface area is 102 Å². The second-order valence-electron chi connectivity index (χ2n) is 3.61. The number of hydrogen-bond donors (Lipinski definition) is 0. The average molecular weight is 246 g/mol. The van der Waals surface area contributed by atoms with Gasteiger partial charge in [0.15, 0.2) is 0 Å². The van der Waals surface area contributed by atoms with Crippen molar-refractivity contribution in [2.24, 2.45) is 0 Å². The Hall–Kier alpha value is -0.163. The van der Waals surface area contributed by atoms with Gasteiger partial charge >= 0.3 is 9.53 Å². The van der Waals surface area contributed by atoms with Crippen LogP contribution in [0.3, 0.4) is 0 Å². The molecule has 0 aromatic heterocycles. The summed E-state index contributed by atoms with van der Waals surface area (Å²) in [5, 5.41) is 0. The van der Waals surface area contributed by atoms with Gasteiger partial charge < -0.3 is 13.3 Å². The maximum atomic E-state index is 5.72. The van der Waals surface area contributed by atoms with Crippen LogP contribution in [0.25, 0.3) is 0 Å². The molecule has 0 N–H and O–H groups in total. The molecule has 0 aliphatic rings. The molecule has 0 aliphatic heterocycles. The van der Waals surface area contributed by atoms with Crippen LogP contribution in [0.15, 0.2) is 12.2 Å². The molecule has 4 heteroatoms. The largest absolute Gasteiger partial charge is 0.484 e. The Morgan fingerprint density at radius 3 is 2.25 bits per heavy atom. The fraction of sp³-hybridized carbons (Fsp3) is 0.833. The zero-order chi connectivity index (χ0) is 12.2. The molecule has 0 aromatic rings. The van der Waals surface area contributed by atoms with Crippen molar-refractivity contribution in [1.82, 2.24) is 0 Å². The van der Waals surface area contributed by atoms with E-state index in [2.05, 4.69) is 19.1 Å². The molecule has 0 radical (unpaired) electrons. The van der Waals surface area contributed by atoms with Crippen LogP contribution in [0.5, 0.6) is 0 Å². The van der Waals surface area contributed by atoms with Gasteiger partial charge in [-0.25, -0.2) is 0 Å². The van der Waals surface area contributed by atoms with E-state index in [0.717, 1.165) is 6.42 Å². The van der Waals surface area contributed by atoms with E-state index >= 15 is 0 Å². The van der Waals surface area contributed by atoms with Crippen molar-refractivity contribution in [2.75, 3.05) is 13.2 Å². The van der Waals surface area contributed by atoms with Crippen molar-refractivity contribution < 1.29 is 13.3 Å². The van der Waals surface area contributed by atoms with Gasteiger partial charge in [-0.1, -0.05) is 31.9 Å². The van der Waals surface area contributed by atoms with E-state index in [1.807, 2.05) is 20.8 Å². The summed E-state index contributed by atoms with van der Waals surface area (Å²) in [7, 11) is -1.90. The lowest BCUT2D eigenvalue weighted by molar-refractivity contribution is 0.0860. The summed E-state index contributed by atoms with van der Waals surface area (Å²) in [5.74, 6) is 0. The molecule has 0 saturated heterocycles. The molecule has 0 amide bonds. The number of hydrogen-bond acceptors (Lipinski definition) is 3. The molecule has 96 valence electrons. The molecule has 0 saturated carbocycles. The van der Waals surface area contributed by atoms with Crippen LogP contribution in [-0.2, 0) is 13.3 Å². The Bertz CT molecular complexity index is 168. The fourth-order valence-electron chi connectivity index (χ4n) is 1.23.